The summed E-state index contributed by atoms with van der Waals surface area (Å²) in [6.07, 6.45) is 0.665. The van der Waals surface area contributed by atoms with Gasteiger partial charge in [-0.25, -0.2) is 8.78 Å². The van der Waals surface area contributed by atoms with Crippen molar-refractivity contribution in [3.05, 3.63) is 29.3 Å². The van der Waals surface area contributed by atoms with Gasteiger partial charge in [0.15, 0.2) is 0 Å². The lowest BCUT2D eigenvalue weighted by Gasteiger charge is -2.13. The van der Waals surface area contributed by atoms with Gasteiger partial charge in [-0.15, -0.1) is 0 Å². The van der Waals surface area contributed by atoms with Gasteiger partial charge in [-0.3, -0.25) is 9.59 Å². The molecule has 2 amide bonds. The second-order valence-corrected chi connectivity index (χ2v) is 4.79. The van der Waals surface area contributed by atoms with E-state index in [1.807, 2.05) is 6.92 Å². The monoisotopic (exact) mass is 299 g/mol. The van der Waals surface area contributed by atoms with Crippen molar-refractivity contribution in [1.29, 1.82) is 0 Å². The summed E-state index contributed by atoms with van der Waals surface area (Å²) in [5, 5.41) is 5.07. The summed E-state index contributed by atoms with van der Waals surface area (Å²) in [5.74, 6) is -2.91. The topological polar surface area (TPSA) is 84.2 Å². The van der Waals surface area contributed by atoms with Crippen LogP contribution in [0.5, 0.6) is 0 Å². The molecule has 0 aliphatic rings. The summed E-state index contributed by atoms with van der Waals surface area (Å²) < 4.78 is 27.6. The van der Waals surface area contributed by atoms with Crippen LogP contribution in [0.15, 0.2) is 12.1 Å². The van der Waals surface area contributed by atoms with Gasteiger partial charge >= 0.3 is 0 Å². The number of carbonyl (C=O) groups excluding carboxylic acids is 2. The molecule has 0 fully saturated rings. The molecule has 1 aromatic rings. The molecule has 1 unspecified atom stereocenters. The van der Waals surface area contributed by atoms with Crippen LogP contribution in [-0.2, 0) is 4.79 Å². The summed E-state index contributed by atoms with van der Waals surface area (Å²) in [5.41, 5.74) is 4.60. The number of rotatable bonds is 7. The number of amides is 2. The van der Waals surface area contributed by atoms with Crippen LogP contribution < -0.4 is 16.4 Å². The van der Waals surface area contributed by atoms with Crippen LogP contribution in [0.1, 0.15) is 37.0 Å². The maximum absolute atomic E-state index is 13.8. The average Bonchev–Trinajstić information content (AvgIpc) is 2.36. The molecule has 1 atom stereocenters. The smallest absolute Gasteiger partial charge is 0.251 e. The van der Waals surface area contributed by atoms with E-state index in [1.54, 1.807) is 6.92 Å². The largest absolute Gasteiger partial charge is 0.380 e. The molecule has 4 N–H and O–H groups in total. The lowest BCUT2D eigenvalue weighted by atomic mass is 10.1. The average molecular weight is 299 g/mol. The number of halogens is 2. The minimum atomic E-state index is -0.837. The summed E-state index contributed by atoms with van der Waals surface area (Å²) in [6, 6.07) is 1.39. The Labute approximate surface area is 121 Å². The van der Waals surface area contributed by atoms with E-state index in [4.69, 9.17) is 5.73 Å². The molecule has 0 aliphatic carbocycles. The van der Waals surface area contributed by atoms with Crippen LogP contribution in [0, 0.1) is 11.6 Å². The first-order chi connectivity index (χ1) is 9.85. The van der Waals surface area contributed by atoms with Gasteiger partial charge in [0.1, 0.15) is 17.3 Å². The molecule has 1 aromatic carbocycles. The van der Waals surface area contributed by atoms with Gasteiger partial charge in [0.05, 0.1) is 0 Å². The van der Waals surface area contributed by atoms with Crippen molar-refractivity contribution in [1.82, 2.24) is 5.32 Å². The first kappa shape index (κ1) is 16.9. The molecule has 0 bridgehead atoms. The highest BCUT2D eigenvalue weighted by molar-refractivity contribution is 5.95. The first-order valence-corrected chi connectivity index (χ1v) is 6.67. The molecule has 0 saturated heterocycles. The third-order valence-corrected chi connectivity index (χ3v) is 2.74. The molecule has 0 saturated carbocycles. The van der Waals surface area contributed by atoms with Crippen LogP contribution in [-0.4, -0.2) is 24.4 Å². The highest BCUT2D eigenvalue weighted by Crippen LogP contribution is 2.21. The number of nitrogens with two attached hydrogens (primary N) is 1. The van der Waals surface area contributed by atoms with E-state index in [-0.39, 0.29) is 17.7 Å². The van der Waals surface area contributed by atoms with Gasteiger partial charge in [0.2, 0.25) is 5.91 Å². The van der Waals surface area contributed by atoms with Crippen molar-refractivity contribution < 1.29 is 18.4 Å². The zero-order valence-electron chi connectivity index (χ0n) is 12.0. The van der Waals surface area contributed by atoms with Gasteiger partial charge in [-0.2, -0.15) is 0 Å². The SMILES string of the molecule is CCCNc1c(F)cc(C(=O)NC(C)CC(N)=O)cc1F. The van der Waals surface area contributed by atoms with Crippen molar-refractivity contribution in [2.75, 3.05) is 11.9 Å². The first-order valence-electron chi connectivity index (χ1n) is 6.67. The Kier molecular flexibility index (Phi) is 6.08. The molecule has 0 radical (unpaired) electrons. The summed E-state index contributed by atoms with van der Waals surface area (Å²) >= 11 is 0. The quantitative estimate of drug-likeness (QED) is 0.717. The summed E-state index contributed by atoms with van der Waals surface area (Å²) in [7, 11) is 0. The number of hydrogen-bond acceptors (Lipinski definition) is 3. The van der Waals surface area contributed by atoms with E-state index >= 15 is 0 Å². The Morgan fingerprint density at radius 2 is 1.86 bits per heavy atom. The van der Waals surface area contributed by atoms with Gasteiger partial charge in [0.25, 0.3) is 5.91 Å². The molecule has 0 heterocycles. The number of anilines is 1. The van der Waals surface area contributed by atoms with Crippen LogP contribution in [0.3, 0.4) is 0 Å². The van der Waals surface area contributed by atoms with Crippen LogP contribution >= 0.6 is 0 Å². The second-order valence-electron chi connectivity index (χ2n) is 4.79. The fourth-order valence-corrected chi connectivity index (χ4v) is 1.78. The number of primary amides is 1. The fraction of sp³-hybridized carbons (Fsp3) is 0.429. The molecule has 5 nitrogen and oxygen atoms in total. The Hall–Kier alpha value is -2.18. The standard InChI is InChI=1S/C14H19F2N3O2/c1-3-4-18-13-10(15)6-9(7-11(13)16)14(21)19-8(2)5-12(17)20/h6-8,18H,3-5H2,1-2H3,(H2,17,20)(H,19,21). The zero-order valence-corrected chi connectivity index (χ0v) is 12.0. The van der Waals surface area contributed by atoms with Gasteiger partial charge in [-0.05, 0) is 25.5 Å². The third kappa shape index (κ3) is 5.02. The lowest BCUT2D eigenvalue weighted by molar-refractivity contribution is -0.118. The minimum absolute atomic E-state index is 0.0488. The van der Waals surface area contributed by atoms with Crippen LogP contribution in [0.2, 0.25) is 0 Å². The van der Waals surface area contributed by atoms with E-state index in [0.717, 1.165) is 12.1 Å². The molecule has 7 heteroatoms. The highest BCUT2D eigenvalue weighted by atomic mass is 19.1. The molecule has 21 heavy (non-hydrogen) atoms. The van der Waals surface area contributed by atoms with Gasteiger partial charge in [0, 0.05) is 24.6 Å². The Morgan fingerprint density at radius 3 is 2.33 bits per heavy atom. The Morgan fingerprint density at radius 1 is 1.29 bits per heavy atom. The van der Waals surface area contributed by atoms with Crippen molar-refractivity contribution >= 4 is 17.5 Å². The minimum Gasteiger partial charge on any atom is -0.380 e. The number of nitrogens with one attached hydrogen (secondary N) is 2. The Bertz CT molecular complexity index is 512. The predicted molar refractivity (Wildman–Crippen MR) is 75.9 cm³/mol. The normalized spacial score (nSPS) is 11.8. The molecular weight excluding hydrogens is 280 g/mol. The van der Waals surface area contributed by atoms with Crippen LogP contribution in [0.4, 0.5) is 14.5 Å². The highest BCUT2D eigenvalue weighted by Gasteiger charge is 2.17. The fourth-order valence-electron chi connectivity index (χ4n) is 1.78. The number of hydrogen-bond donors (Lipinski definition) is 3. The van der Waals surface area contributed by atoms with E-state index in [0.29, 0.717) is 13.0 Å². The van der Waals surface area contributed by atoms with E-state index in [9.17, 15) is 18.4 Å². The van der Waals surface area contributed by atoms with Crippen molar-refractivity contribution in [2.45, 2.75) is 32.7 Å². The van der Waals surface area contributed by atoms with E-state index in [1.165, 1.54) is 0 Å². The number of benzene rings is 1. The summed E-state index contributed by atoms with van der Waals surface area (Å²) in [6.45, 7) is 3.87. The maximum Gasteiger partial charge on any atom is 0.251 e. The Balaban J connectivity index is 2.84. The molecule has 0 aliphatic heterocycles. The lowest BCUT2D eigenvalue weighted by Crippen LogP contribution is -2.35. The van der Waals surface area contributed by atoms with Gasteiger partial charge in [-0.1, -0.05) is 6.92 Å². The van der Waals surface area contributed by atoms with E-state index in [2.05, 4.69) is 10.6 Å². The zero-order chi connectivity index (χ0) is 16.0. The van der Waals surface area contributed by atoms with E-state index < -0.39 is 29.5 Å². The number of carbonyl (C=O) groups is 2. The summed E-state index contributed by atoms with van der Waals surface area (Å²) in [4.78, 5) is 22.6. The maximum atomic E-state index is 13.8. The third-order valence-electron chi connectivity index (χ3n) is 2.74. The van der Waals surface area contributed by atoms with Gasteiger partial charge < -0.3 is 16.4 Å². The molecular formula is C14H19F2N3O2. The van der Waals surface area contributed by atoms with Crippen molar-refractivity contribution in [3.63, 3.8) is 0 Å². The van der Waals surface area contributed by atoms with Crippen molar-refractivity contribution in [3.8, 4) is 0 Å². The molecule has 0 spiro atoms. The second kappa shape index (κ2) is 7.56. The molecule has 0 aromatic heterocycles. The molecule has 1 rings (SSSR count). The predicted octanol–water partition coefficient (Wildman–Crippen LogP) is 1.78. The molecule has 116 valence electrons. The van der Waals surface area contributed by atoms with Crippen molar-refractivity contribution in [2.24, 2.45) is 5.73 Å². The van der Waals surface area contributed by atoms with Crippen LogP contribution in [0.25, 0.3) is 0 Å².